The van der Waals surface area contributed by atoms with Crippen molar-refractivity contribution in [2.24, 2.45) is 17.8 Å². The van der Waals surface area contributed by atoms with Gasteiger partial charge in [0.15, 0.2) is 0 Å². The van der Waals surface area contributed by atoms with Crippen molar-refractivity contribution in [2.45, 2.75) is 58.4 Å². The Labute approximate surface area is 178 Å². The van der Waals surface area contributed by atoms with Crippen molar-refractivity contribution in [3.63, 3.8) is 0 Å². The Kier molecular flexibility index (Phi) is 8.76. The molecule has 0 aromatic heterocycles. The predicted octanol–water partition coefficient (Wildman–Crippen LogP) is 5.95. The molecule has 0 bridgehead atoms. The van der Waals surface area contributed by atoms with Gasteiger partial charge in [-0.1, -0.05) is 56.0 Å². The fourth-order valence-corrected chi connectivity index (χ4v) is 4.71. The molecule has 0 aliphatic heterocycles. The number of nitrogens with one attached hydrogen (secondary N) is 2. The summed E-state index contributed by atoms with van der Waals surface area (Å²) in [7, 11) is 0. The van der Waals surface area contributed by atoms with E-state index in [-0.39, 0.29) is 0 Å². The van der Waals surface area contributed by atoms with Gasteiger partial charge >= 0.3 is 0 Å². The smallest absolute Gasteiger partial charge is 0.0208 e. The zero-order valence-corrected chi connectivity index (χ0v) is 18.4. The lowest BCUT2D eigenvalue weighted by atomic mass is 9.77. The van der Waals surface area contributed by atoms with Crippen molar-refractivity contribution in [3.05, 3.63) is 71.8 Å². The molecule has 0 spiro atoms. The van der Waals surface area contributed by atoms with Crippen molar-refractivity contribution >= 4 is 0 Å². The van der Waals surface area contributed by atoms with Crippen LogP contribution in [0.3, 0.4) is 0 Å². The fraction of sp³-hybridized carbons (Fsp3) is 0.556. The Bertz CT molecular complexity index is 690. The standard InChI is InChI=1S/C27H40N2/c1-4-8-27(22(3)25-11-7-12-25)20-29-18-24-15-13-23(14-16-24)17-28-19-26-10-6-5-9-21(26)2/h4-6,8-10,23-25,28-29H,1,3,7,11-20H2,2H3/b27-8-. The molecule has 0 atom stereocenters. The Morgan fingerprint density at radius 1 is 1.00 bits per heavy atom. The van der Waals surface area contributed by atoms with Gasteiger partial charge in [0.25, 0.3) is 0 Å². The zero-order chi connectivity index (χ0) is 20.5. The number of allylic oxidation sites excluding steroid dienone is 2. The number of benzene rings is 1. The molecule has 1 aromatic carbocycles. The lowest BCUT2D eigenvalue weighted by Gasteiger charge is -2.31. The van der Waals surface area contributed by atoms with Crippen LogP contribution in [0, 0.1) is 24.7 Å². The third-order valence-corrected chi connectivity index (χ3v) is 7.05. The summed E-state index contributed by atoms with van der Waals surface area (Å²) in [6.45, 7) is 14.7. The molecule has 3 rings (SSSR count). The van der Waals surface area contributed by atoms with E-state index in [9.17, 15) is 0 Å². The SMILES string of the molecule is C=C/C=C(/CNCC1CCC(CNCc2ccccc2C)CC1)C(=C)C1CCC1. The molecule has 2 saturated carbocycles. The third kappa shape index (κ3) is 6.69. The first-order chi connectivity index (χ1) is 14.2. The van der Waals surface area contributed by atoms with Crippen molar-refractivity contribution in [3.8, 4) is 0 Å². The monoisotopic (exact) mass is 392 g/mol. The van der Waals surface area contributed by atoms with E-state index in [0.29, 0.717) is 5.92 Å². The molecule has 2 fully saturated rings. The highest BCUT2D eigenvalue weighted by Gasteiger charge is 2.23. The van der Waals surface area contributed by atoms with Gasteiger partial charge in [-0.25, -0.2) is 0 Å². The molecule has 0 radical (unpaired) electrons. The lowest BCUT2D eigenvalue weighted by Crippen LogP contribution is -2.31. The Balaban J connectivity index is 1.31. The van der Waals surface area contributed by atoms with Gasteiger partial charge in [-0.05, 0) is 98.6 Å². The fourth-order valence-electron chi connectivity index (χ4n) is 4.71. The second-order valence-corrected chi connectivity index (χ2v) is 9.16. The first kappa shape index (κ1) is 22.1. The van der Waals surface area contributed by atoms with Gasteiger partial charge in [-0.3, -0.25) is 0 Å². The van der Waals surface area contributed by atoms with E-state index in [2.05, 4.69) is 61.1 Å². The summed E-state index contributed by atoms with van der Waals surface area (Å²) in [5, 5.41) is 7.41. The number of hydrogen-bond donors (Lipinski definition) is 2. The topological polar surface area (TPSA) is 24.1 Å². The molecular weight excluding hydrogens is 352 g/mol. The minimum atomic E-state index is 0.714. The van der Waals surface area contributed by atoms with Gasteiger partial charge in [-0.15, -0.1) is 0 Å². The predicted molar refractivity (Wildman–Crippen MR) is 126 cm³/mol. The molecule has 0 amide bonds. The Hall–Kier alpha value is -1.64. The van der Waals surface area contributed by atoms with E-state index in [1.54, 1.807) is 0 Å². The summed E-state index contributed by atoms with van der Waals surface area (Å²) in [4.78, 5) is 0. The van der Waals surface area contributed by atoms with Crippen molar-refractivity contribution < 1.29 is 0 Å². The summed E-state index contributed by atoms with van der Waals surface area (Å²) in [5.41, 5.74) is 5.52. The van der Waals surface area contributed by atoms with Gasteiger partial charge < -0.3 is 10.6 Å². The normalized spacial score (nSPS) is 22.9. The molecule has 2 nitrogen and oxygen atoms in total. The van der Waals surface area contributed by atoms with Crippen molar-refractivity contribution in [1.82, 2.24) is 10.6 Å². The van der Waals surface area contributed by atoms with Crippen LogP contribution >= 0.6 is 0 Å². The molecule has 158 valence electrons. The van der Waals surface area contributed by atoms with Crippen molar-refractivity contribution in [2.75, 3.05) is 19.6 Å². The third-order valence-electron chi connectivity index (χ3n) is 7.05. The van der Waals surface area contributed by atoms with Crippen LogP contribution in [0.1, 0.15) is 56.1 Å². The van der Waals surface area contributed by atoms with Gasteiger partial charge in [0.2, 0.25) is 0 Å². The maximum absolute atomic E-state index is 4.36. The van der Waals surface area contributed by atoms with E-state index in [4.69, 9.17) is 0 Å². The van der Waals surface area contributed by atoms with Crippen LogP contribution in [0.15, 0.2) is 60.7 Å². The molecule has 2 aliphatic carbocycles. The minimum Gasteiger partial charge on any atom is -0.312 e. The average molecular weight is 393 g/mol. The Morgan fingerprint density at radius 3 is 2.24 bits per heavy atom. The van der Waals surface area contributed by atoms with Crippen molar-refractivity contribution in [1.29, 1.82) is 0 Å². The van der Waals surface area contributed by atoms with Crippen LogP contribution in [0.4, 0.5) is 0 Å². The van der Waals surface area contributed by atoms with E-state index < -0.39 is 0 Å². The summed E-state index contributed by atoms with van der Waals surface area (Å²) < 4.78 is 0. The summed E-state index contributed by atoms with van der Waals surface area (Å²) in [6, 6.07) is 8.69. The van der Waals surface area contributed by atoms with Crippen LogP contribution in [-0.4, -0.2) is 19.6 Å². The molecule has 0 heterocycles. The maximum atomic E-state index is 4.36. The van der Waals surface area contributed by atoms with Gasteiger partial charge in [-0.2, -0.15) is 0 Å². The van der Waals surface area contributed by atoms with E-state index in [0.717, 1.165) is 38.0 Å². The van der Waals surface area contributed by atoms with Crippen LogP contribution < -0.4 is 10.6 Å². The molecular formula is C27H40N2. The summed E-state index contributed by atoms with van der Waals surface area (Å²) in [6.07, 6.45) is 13.5. The highest BCUT2D eigenvalue weighted by Crippen LogP contribution is 2.35. The van der Waals surface area contributed by atoms with Crippen LogP contribution in [0.2, 0.25) is 0 Å². The maximum Gasteiger partial charge on any atom is 0.0208 e. The molecule has 29 heavy (non-hydrogen) atoms. The first-order valence-corrected chi connectivity index (χ1v) is 11.6. The molecule has 0 saturated heterocycles. The average Bonchev–Trinajstić information content (AvgIpc) is 2.68. The summed E-state index contributed by atoms with van der Waals surface area (Å²) >= 11 is 0. The summed E-state index contributed by atoms with van der Waals surface area (Å²) in [5.74, 6) is 2.38. The van der Waals surface area contributed by atoms with Gasteiger partial charge in [0.1, 0.15) is 0 Å². The molecule has 2 heteroatoms. The quantitative estimate of drug-likeness (QED) is 0.455. The molecule has 1 aromatic rings. The van der Waals surface area contributed by atoms with Crippen LogP contribution in [0.25, 0.3) is 0 Å². The Morgan fingerprint density at radius 2 is 1.66 bits per heavy atom. The lowest BCUT2D eigenvalue weighted by molar-refractivity contribution is 0.262. The number of hydrogen-bond acceptors (Lipinski definition) is 2. The van der Waals surface area contributed by atoms with Gasteiger partial charge in [0.05, 0.1) is 0 Å². The minimum absolute atomic E-state index is 0.714. The van der Waals surface area contributed by atoms with E-state index in [1.807, 2.05) is 6.08 Å². The second kappa shape index (κ2) is 11.5. The van der Waals surface area contributed by atoms with Crippen LogP contribution in [0.5, 0.6) is 0 Å². The molecule has 0 unspecified atom stereocenters. The molecule has 2 N–H and O–H groups in total. The zero-order valence-electron chi connectivity index (χ0n) is 18.4. The van der Waals surface area contributed by atoms with Crippen LogP contribution in [-0.2, 0) is 6.54 Å². The highest BCUT2D eigenvalue weighted by atomic mass is 14.9. The molecule has 2 aliphatic rings. The van der Waals surface area contributed by atoms with E-state index >= 15 is 0 Å². The highest BCUT2D eigenvalue weighted by molar-refractivity contribution is 5.35. The number of rotatable bonds is 11. The number of aryl methyl sites for hydroxylation is 1. The van der Waals surface area contributed by atoms with Gasteiger partial charge in [0, 0.05) is 13.1 Å². The second-order valence-electron chi connectivity index (χ2n) is 9.16. The largest absolute Gasteiger partial charge is 0.312 e. The first-order valence-electron chi connectivity index (χ1n) is 11.6. The van der Waals surface area contributed by atoms with E-state index in [1.165, 1.54) is 67.2 Å².